The van der Waals surface area contributed by atoms with Crippen molar-refractivity contribution in [3.63, 3.8) is 0 Å². The zero-order valence-electron chi connectivity index (χ0n) is 9.45. The Morgan fingerprint density at radius 3 is 2.60 bits per heavy atom. The number of nitrogens with zero attached hydrogens (tertiary/aromatic N) is 1. The van der Waals surface area contributed by atoms with E-state index in [1.807, 2.05) is 20.8 Å². The van der Waals surface area contributed by atoms with Gasteiger partial charge in [-0.1, -0.05) is 0 Å². The van der Waals surface area contributed by atoms with E-state index in [0.29, 0.717) is 32.0 Å². The molecule has 0 aliphatic carbocycles. The quantitative estimate of drug-likeness (QED) is 0.700. The predicted molar refractivity (Wildman–Crippen MR) is 55.4 cm³/mol. The lowest BCUT2D eigenvalue weighted by Crippen LogP contribution is -2.54. The molecule has 0 unspecified atom stereocenters. The number of carbonyl (C=O) groups excluding carboxylic acids is 2. The van der Waals surface area contributed by atoms with Gasteiger partial charge in [-0.25, -0.2) is 4.79 Å². The van der Waals surface area contributed by atoms with Crippen molar-refractivity contribution in [3.05, 3.63) is 0 Å². The van der Waals surface area contributed by atoms with E-state index in [-0.39, 0.29) is 6.09 Å². The fourth-order valence-electron chi connectivity index (χ4n) is 1.39. The van der Waals surface area contributed by atoms with Crippen molar-refractivity contribution in [2.45, 2.75) is 26.4 Å². The van der Waals surface area contributed by atoms with Gasteiger partial charge in [-0.2, -0.15) is 0 Å². The fourth-order valence-corrected chi connectivity index (χ4v) is 1.39. The lowest BCUT2D eigenvalue weighted by Gasteiger charge is -2.39. The van der Waals surface area contributed by atoms with Crippen LogP contribution >= 0.6 is 0 Å². The fraction of sp³-hybridized carbons (Fsp3) is 0.800. The van der Waals surface area contributed by atoms with Gasteiger partial charge in [-0.05, 0) is 20.8 Å². The second-order valence-corrected chi connectivity index (χ2v) is 4.78. The lowest BCUT2D eigenvalue weighted by molar-refractivity contribution is -0.109. The molecule has 1 rings (SSSR count). The molecule has 1 aliphatic heterocycles. The minimum absolute atomic E-state index is 0.273. The average molecular weight is 214 g/mol. The van der Waals surface area contributed by atoms with Crippen molar-refractivity contribution < 1.29 is 14.3 Å². The molecule has 1 heterocycles. The third kappa shape index (κ3) is 3.77. The van der Waals surface area contributed by atoms with E-state index in [9.17, 15) is 9.59 Å². The number of likely N-dealkylation sites (tertiary alicyclic amines) is 1. The molecule has 1 saturated heterocycles. The van der Waals surface area contributed by atoms with E-state index in [4.69, 9.17) is 4.74 Å². The molecule has 5 heteroatoms. The van der Waals surface area contributed by atoms with E-state index < -0.39 is 5.60 Å². The number of nitrogens with one attached hydrogen (secondary N) is 1. The maximum Gasteiger partial charge on any atom is 0.410 e. The van der Waals surface area contributed by atoms with Crippen LogP contribution < -0.4 is 5.32 Å². The first-order valence-electron chi connectivity index (χ1n) is 5.07. The Morgan fingerprint density at radius 1 is 1.53 bits per heavy atom. The van der Waals surface area contributed by atoms with Crippen LogP contribution in [0.15, 0.2) is 0 Å². The Hall–Kier alpha value is -1.26. The molecule has 86 valence electrons. The highest BCUT2D eigenvalue weighted by atomic mass is 16.6. The molecule has 0 saturated carbocycles. The molecule has 0 atom stereocenters. The Balaban J connectivity index is 2.21. The number of ether oxygens (including phenoxy) is 1. The minimum Gasteiger partial charge on any atom is -0.444 e. The molecular formula is C10H18N2O3. The van der Waals surface area contributed by atoms with Gasteiger partial charge in [0.05, 0.1) is 0 Å². The predicted octanol–water partition coefficient (Wildman–Crippen LogP) is 0.599. The maximum absolute atomic E-state index is 11.5. The maximum atomic E-state index is 11.5. The van der Waals surface area contributed by atoms with Crippen LogP contribution in [-0.2, 0) is 9.53 Å². The second-order valence-electron chi connectivity index (χ2n) is 4.78. The van der Waals surface area contributed by atoms with Crippen molar-refractivity contribution in [1.29, 1.82) is 0 Å². The van der Waals surface area contributed by atoms with Crippen LogP contribution in [0.1, 0.15) is 20.8 Å². The molecule has 0 spiro atoms. The summed E-state index contributed by atoms with van der Waals surface area (Å²) in [5.41, 5.74) is -0.441. The van der Waals surface area contributed by atoms with E-state index in [2.05, 4.69) is 5.32 Å². The molecule has 5 nitrogen and oxygen atoms in total. The topological polar surface area (TPSA) is 58.6 Å². The molecule has 2 amide bonds. The number of amides is 2. The van der Waals surface area contributed by atoms with Crippen LogP contribution in [0.4, 0.5) is 4.79 Å². The molecule has 0 aromatic rings. The number of rotatable bonds is 3. The van der Waals surface area contributed by atoms with Crippen LogP contribution in [0.25, 0.3) is 0 Å². The van der Waals surface area contributed by atoms with E-state index >= 15 is 0 Å². The van der Waals surface area contributed by atoms with Crippen molar-refractivity contribution in [2.24, 2.45) is 5.92 Å². The van der Waals surface area contributed by atoms with Gasteiger partial charge in [0.15, 0.2) is 0 Å². The number of carbonyl (C=O) groups is 2. The van der Waals surface area contributed by atoms with E-state index in [1.165, 1.54) is 0 Å². The SMILES string of the molecule is CC(C)(C)OC(=O)N1CC(CNC=O)C1. The first-order chi connectivity index (χ1) is 6.92. The van der Waals surface area contributed by atoms with Gasteiger partial charge in [-0.15, -0.1) is 0 Å². The minimum atomic E-state index is -0.441. The van der Waals surface area contributed by atoms with Gasteiger partial charge in [-0.3, -0.25) is 4.79 Å². The standard InChI is InChI=1S/C10H18N2O3/c1-10(2,3)15-9(14)12-5-8(6-12)4-11-7-13/h7-8H,4-6H2,1-3H3,(H,11,13). The van der Waals surface area contributed by atoms with Crippen LogP contribution in [0, 0.1) is 5.92 Å². The van der Waals surface area contributed by atoms with E-state index in [1.54, 1.807) is 4.90 Å². The number of hydrogen-bond acceptors (Lipinski definition) is 3. The summed E-state index contributed by atoms with van der Waals surface area (Å²) in [5, 5.41) is 2.60. The lowest BCUT2D eigenvalue weighted by atomic mass is 10.0. The van der Waals surface area contributed by atoms with Crippen LogP contribution in [-0.4, -0.2) is 42.6 Å². The molecule has 1 aliphatic rings. The highest BCUT2D eigenvalue weighted by Gasteiger charge is 2.33. The van der Waals surface area contributed by atoms with E-state index in [0.717, 1.165) is 0 Å². The summed E-state index contributed by atoms with van der Waals surface area (Å²) >= 11 is 0. The Morgan fingerprint density at radius 2 is 2.13 bits per heavy atom. The summed E-state index contributed by atoms with van der Waals surface area (Å²) in [4.78, 5) is 23.2. The van der Waals surface area contributed by atoms with Gasteiger partial charge in [0.1, 0.15) is 5.60 Å². The smallest absolute Gasteiger partial charge is 0.410 e. The first-order valence-corrected chi connectivity index (χ1v) is 5.07. The van der Waals surface area contributed by atoms with Gasteiger partial charge in [0.25, 0.3) is 0 Å². The summed E-state index contributed by atoms with van der Waals surface area (Å²) in [6.45, 7) is 7.48. The van der Waals surface area contributed by atoms with Gasteiger partial charge >= 0.3 is 6.09 Å². The molecule has 1 N–H and O–H groups in total. The molecule has 0 aromatic heterocycles. The van der Waals surface area contributed by atoms with Crippen LogP contribution in [0.5, 0.6) is 0 Å². The summed E-state index contributed by atoms with van der Waals surface area (Å²) in [6.07, 6.45) is 0.403. The van der Waals surface area contributed by atoms with Crippen molar-refractivity contribution in [1.82, 2.24) is 10.2 Å². The Bertz CT molecular complexity index is 242. The molecular weight excluding hydrogens is 196 g/mol. The summed E-state index contributed by atoms with van der Waals surface area (Å²) in [7, 11) is 0. The molecule has 0 bridgehead atoms. The normalized spacial score (nSPS) is 16.9. The van der Waals surface area contributed by atoms with Gasteiger partial charge in [0.2, 0.25) is 6.41 Å². The molecule has 0 aromatic carbocycles. The van der Waals surface area contributed by atoms with Crippen molar-refractivity contribution in [3.8, 4) is 0 Å². The zero-order valence-corrected chi connectivity index (χ0v) is 9.45. The number of hydrogen-bond donors (Lipinski definition) is 1. The highest BCUT2D eigenvalue weighted by molar-refractivity contribution is 5.69. The Labute approximate surface area is 89.8 Å². The van der Waals surface area contributed by atoms with Gasteiger partial charge in [0, 0.05) is 25.6 Å². The van der Waals surface area contributed by atoms with Crippen molar-refractivity contribution >= 4 is 12.5 Å². The highest BCUT2D eigenvalue weighted by Crippen LogP contribution is 2.18. The third-order valence-corrected chi connectivity index (χ3v) is 2.10. The summed E-state index contributed by atoms with van der Waals surface area (Å²) in [6, 6.07) is 0. The second kappa shape index (κ2) is 4.51. The molecule has 0 radical (unpaired) electrons. The summed E-state index contributed by atoms with van der Waals surface area (Å²) < 4.78 is 5.19. The zero-order chi connectivity index (χ0) is 11.5. The molecule has 1 fully saturated rings. The summed E-state index contributed by atoms with van der Waals surface area (Å²) in [5.74, 6) is 0.364. The first kappa shape index (κ1) is 11.8. The Kier molecular flexibility index (Phi) is 3.55. The van der Waals surface area contributed by atoms with Gasteiger partial charge < -0.3 is 15.0 Å². The molecule has 15 heavy (non-hydrogen) atoms. The van der Waals surface area contributed by atoms with Crippen LogP contribution in [0.3, 0.4) is 0 Å². The van der Waals surface area contributed by atoms with Crippen LogP contribution in [0.2, 0.25) is 0 Å². The van der Waals surface area contributed by atoms with Crippen molar-refractivity contribution in [2.75, 3.05) is 19.6 Å². The average Bonchev–Trinajstić information content (AvgIpc) is 1.98. The monoisotopic (exact) mass is 214 g/mol. The third-order valence-electron chi connectivity index (χ3n) is 2.10. The largest absolute Gasteiger partial charge is 0.444 e.